The fourth-order valence-corrected chi connectivity index (χ4v) is 2.72. The van der Waals surface area contributed by atoms with Crippen molar-refractivity contribution in [1.82, 2.24) is 15.0 Å². The second-order valence-corrected chi connectivity index (χ2v) is 6.30. The Morgan fingerprint density at radius 1 is 1.15 bits per heavy atom. The largest absolute Gasteiger partial charge is 0.393 e. The minimum Gasteiger partial charge on any atom is -0.336 e. The van der Waals surface area contributed by atoms with E-state index in [0.717, 1.165) is 24.5 Å². The molecule has 2 heterocycles. The highest BCUT2D eigenvalue weighted by Gasteiger charge is 2.30. The minimum absolute atomic E-state index is 0.0363. The average Bonchev–Trinajstić information content (AvgIpc) is 2.55. The lowest BCUT2D eigenvalue weighted by atomic mass is 10.1. The maximum Gasteiger partial charge on any atom is 0.393 e. The van der Waals surface area contributed by atoms with E-state index in [1.165, 1.54) is 0 Å². The van der Waals surface area contributed by atoms with Crippen LogP contribution in [0.4, 0.5) is 33.5 Å². The van der Waals surface area contributed by atoms with Crippen LogP contribution in [-0.2, 0) is 6.42 Å². The Bertz CT molecular complexity index is 996. The van der Waals surface area contributed by atoms with Crippen molar-refractivity contribution in [3.63, 3.8) is 0 Å². The summed E-state index contributed by atoms with van der Waals surface area (Å²) in [6.45, 7) is 0. The number of nitrogens with one attached hydrogen (secondary N) is 1. The van der Waals surface area contributed by atoms with Crippen molar-refractivity contribution in [2.75, 3.05) is 5.32 Å². The first-order valence-electron chi connectivity index (χ1n) is 6.93. The van der Waals surface area contributed by atoms with Crippen LogP contribution in [0.2, 0.25) is 5.02 Å². The highest BCUT2D eigenvalue weighted by Crippen LogP contribution is 2.33. The number of hydrogen-bond donors (Lipinski definition) is 1. The minimum atomic E-state index is -4.52. The van der Waals surface area contributed by atoms with E-state index in [-0.39, 0.29) is 27.1 Å². The number of halogens is 7. The summed E-state index contributed by atoms with van der Waals surface area (Å²) in [7, 11) is 0. The van der Waals surface area contributed by atoms with Gasteiger partial charge in [0, 0.05) is 6.07 Å². The topological polar surface area (TPSA) is 50.7 Å². The lowest BCUT2D eigenvalue weighted by Gasteiger charge is -2.13. The molecule has 0 bridgehead atoms. The van der Waals surface area contributed by atoms with Crippen molar-refractivity contribution in [3.8, 4) is 0 Å². The first kappa shape index (κ1) is 18.7. The Kier molecular flexibility index (Phi) is 4.98. The van der Waals surface area contributed by atoms with Gasteiger partial charge in [-0.1, -0.05) is 17.7 Å². The molecular weight excluding hydrogens is 447 g/mol. The molecular formula is C15H7BrClF5N4. The molecule has 0 spiro atoms. The third kappa shape index (κ3) is 3.85. The molecule has 11 heteroatoms. The predicted molar refractivity (Wildman–Crippen MR) is 89.4 cm³/mol. The summed E-state index contributed by atoms with van der Waals surface area (Å²) in [4.78, 5) is 11.7. The molecule has 136 valence electrons. The van der Waals surface area contributed by atoms with Crippen molar-refractivity contribution in [1.29, 1.82) is 0 Å². The molecule has 1 aromatic carbocycles. The lowest BCUT2D eigenvalue weighted by molar-refractivity contribution is -0.127. The zero-order chi connectivity index (χ0) is 19.1. The predicted octanol–water partition coefficient (Wildman–Crippen LogP) is 5.57. The van der Waals surface area contributed by atoms with Crippen LogP contribution in [0.3, 0.4) is 0 Å². The van der Waals surface area contributed by atoms with Crippen LogP contribution >= 0.6 is 27.5 Å². The molecule has 1 N–H and O–H groups in total. The molecule has 0 unspecified atom stereocenters. The Morgan fingerprint density at radius 3 is 2.58 bits per heavy atom. The van der Waals surface area contributed by atoms with Crippen LogP contribution in [0.1, 0.15) is 5.56 Å². The van der Waals surface area contributed by atoms with Gasteiger partial charge in [0.25, 0.3) is 0 Å². The average molecular weight is 454 g/mol. The van der Waals surface area contributed by atoms with E-state index >= 15 is 0 Å². The van der Waals surface area contributed by atoms with Crippen molar-refractivity contribution < 1.29 is 22.0 Å². The first-order valence-corrected chi connectivity index (χ1v) is 8.10. The molecule has 0 aliphatic carbocycles. The van der Waals surface area contributed by atoms with Gasteiger partial charge < -0.3 is 5.32 Å². The number of pyridine rings is 1. The van der Waals surface area contributed by atoms with Crippen LogP contribution in [-0.4, -0.2) is 21.1 Å². The van der Waals surface area contributed by atoms with Gasteiger partial charge in [-0.05, 0) is 27.6 Å². The fourth-order valence-electron chi connectivity index (χ4n) is 2.20. The number of alkyl halides is 3. The number of rotatable bonds is 3. The lowest BCUT2D eigenvalue weighted by Crippen LogP contribution is -2.12. The summed E-state index contributed by atoms with van der Waals surface area (Å²) >= 11 is 8.64. The monoisotopic (exact) mass is 452 g/mol. The molecule has 3 aromatic rings. The van der Waals surface area contributed by atoms with Gasteiger partial charge in [-0.25, -0.2) is 23.7 Å². The number of hydrogen-bond acceptors (Lipinski definition) is 4. The molecule has 0 fully saturated rings. The third-order valence-electron chi connectivity index (χ3n) is 3.33. The van der Waals surface area contributed by atoms with Gasteiger partial charge in [-0.15, -0.1) is 0 Å². The zero-order valence-electron chi connectivity index (χ0n) is 12.5. The zero-order valence-corrected chi connectivity index (χ0v) is 14.8. The third-order valence-corrected chi connectivity index (χ3v) is 4.29. The molecule has 0 radical (unpaired) electrons. The van der Waals surface area contributed by atoms with Gasteiger partial charge in [0.15, 0.2) is 17.5 Å². The van der Waals surface area contributed by atoms with E-state index in [1.54, 1.807) is 0 Å². The van der Waals surface area contributed by atoms with Crippen molar-refractivity contribution in [3.05, 3.63) is 51.4 Å². The second kappa shape index (κ2) is 6.92. The summed E-state index contributed by atoms with van der Waals surface area (Å²) < 4.78 is 65.3. The van der Waals surface area contributed by atoms with E-state index in [1.807, 2.05) is 0 Å². The number of anilines is 2. The quantitative estimate of drug-likeness (QED) is 0.416. The summed E-state index contributed by atoms with van der Waals surface area (Å²) in [5, 5.41) is 1.95. The standard InChI is InChI=1S/C15H7BrClF5N4/c16-13-7(18)3-9-12(26-13)14(24-5-23-9)25-8-2-1-6(4-15(20,21)22)10(17)11(8)19/h1-3,5H,4H2,(H,23,24,25). The fraction of sp³-hybridized carbons (Fsp3) is 0.133. The Morgan fingerprint density at radius 2 is 1.88 bits per heavy atom. The van der Waals surface area contributed by atoms with Gasteiger partial charge in [-0.3, -0.25) is 0 Å². The van der Waals surface area contributed by atoms with Crippen molar-refractivity contribution in [2.24, 2.45) is 0 Å². The van der Waals surface area contributed by atoms with E-state index in [2.05, 4.69) is 36.2 Å². The number of fused-ring (bicyclic) bond motifs is 1. The molecule has 0 saturated heterocycles. The second-order valence-electron chi connectivity index (χ2n) is 5.17. The number of aromatic nitrogens is 3. The van der Waals surface area contributed by atoms with Crippen molar-refractivity contribution in [2.45, 2.75) is 12.6 Å². The van der Waals surface area contributed by atoms with E-state index in [4.69, 9.17) is 11.6 Å². The van der Waals surface area contributed by atoms with Gasteiger partial charge >= 0.3 is 6.18 Å². The summed E-state index contributed by atoms with van der Waals surface area (Å²) in [6.07, 6.45) is -4.77. The van der Waals surface area contributed by atoms with Crippen LogP contribution in [0, 0.1) is 11.6 Å². The van der Waals surface area contributed by atoms with Crippen molar-refractivity contribution >= 4 is 50.1 Å². The molecule has 0 aliphatic heterocycles. The molecule has 0 atom stereocenters. The normalized spacial score (nSPS) is 11.8. The van der Waals surface area contributed by atoms with Gasteiger partial charge in [0.05, 0.1) is 22.6 Å². The Labute approximate surface area is 156 Å². The first-order chi connectivity index (χ1) is 12.2. The molecule has 4 nitrogen and oxygen atoms in total. The number of benzene rings is 1. The maximum absolute atomic E-state index is 14.4. The van der Waals surface area contributed by atoms with E-state index in [9.17, 15) is 22.0 Å². The highest BCUT2D eigenvalue weighted by atomic mass is 79.9. The summed E-state index contributed by atoms with van der Waals surface area (Å²) in [5.74, 6) is -1.68. The smallest absolute Gasteiger partial charge is 0.336 e. The Hall–Kier alpha value is -2.07. The SMILES string of the molecule is Fc1cc2ncnc(Nc3ccc(CC(F)(F)F)c(Cl)c3F)c2nc1Br. The van der Waals surface area contributed by atoms with Crippen LogP contribution in [0.5, 0.6) is 0 Å². The molecule has 0 aliphatic rings. The van der Waals surface area contributed by atoms with E-state index in [0.29, 0.717) is 0 Å². The molecule has 3 rings (SSSR count). The highest BCUT2D eigenvalue weighted by molar-refractivity contribution is 9.10. The summed E-state index contributed by atoms with van der Waals surface area (Å²) in [5.41, 5.74) is -0.306. The molecule has 2 aromatic heterocycles. The Balaban J connectivity index is 2.01. The van der Waals surface area contributed by atoms with Crippen LogP contribution < -0.4 is 5.32 Å². The van der Waals surface area contributed by atoms with Gasteiger partial charge in [0.2, 0.25) is 0 Å². The molecule has 0 saturated carbocycles. The van der Waals surface area contributed by atoms with E-state index < -0.39 is 34.8 Å². The summed E-state index contributed by atoms with van der Waals surface area (Å²) in [6, 6.07) is 3.28. The van der Waals surface area contributed by atoms with Gasteiger partial charge in [-0.2, -0.15) is 13.2 Å². The number of nitrogens with zero attached hydrogens (tertiary/aromatic N) is 3. The molecule has 26 heavy (non-hydrogen) atoms. The molecule has 0 amide bonds. The van der Waals surface area contributed by atoms with Crippen LogP contribution in [0.25, 0.3) is 11.0 Å². The maximum atomic E-state index is 14.4. The van der Waals surface area contributed by atoms with Crippen LogP contribution in [0.15, 0.2) is 29.1 Å². The van der Waals surface area contributed by atoms with Gasteiger partial charge in [0.1, 0.15) is 16.4 Å².